The van der Waals surface area contributed by atoms with Crippen molar-refractivity contribution in [3.8, 4) is 0 Å². The molecule has 0 radical (unpaired) electrons. The number of alkyl halides is 3. The minimum atomic E-state index is -6.09. The molecule has 11 heteroatoms. The molecule has 0 aliphatic carbocycles. The van der Waals surface area contributed by atoms with Gasteiger partial charge in [0.05, 0.1) is 0 Å². The van der Waals surface area contributed by atoms with Crippen molar-refractivity contribution in [2.75, 3.05) is 0 Å². The molecule has 6 rings (SSSR count). The number of halogens is 3. The molecule has 0 atom stereocenters. The van der Waals surface area contributed by atoms with E-state index in [1.807, 2.05) is 0 Å². The summed E-state index contributed by atoms with van der Waals surface area (Å²) in [7, 11) is -8.52. The molecule has 0 bridgehead atoms. The van der Waals surface area contributed by atoms with Crippen molar-refractivity contribution in [1.29, 1.82) is 0 Å². The van der Waals surface area contributed by atoms with E-state index in [2.05, 4.69) is 176 Å². The fourth-order valence-electron chi connectivity index (χ4n) is 5.28. The molecule has 0 unspecified atom stereocenters. The molecule has 0 fully saturated rings. The summed E-state index contributed by atoms with van der Waals surface area (Å²) in [6.45, 7) is 2.50. The monoisotopic (exact) mass is 820 g/mol. The largest absolute Gasteiger partial charge is 2.00 e. The molecule has 49 heavy (non-hydrogen) atoms. The fraction of sp³-hybridized carbons (Fsp3) is 0.0526. The molecule has 0 spiro atoms. The first kappa shape index (κ1) is 38.6. The van der Waals surface area contributed by atoms with Crippen molar-refractivity contribution in [3.05, 3.63) is 170 Å². The van der Waals surface area contributed by atoms with E-state index in [0.29, 0.717) is 0 Å². The van der Waals surface area contributed by atoms with E-state index in [1.54, 1.807) is 0 Å². The Morgan fingerprint density at radius 2 is 0.714 bits per heavy atom. The van der Waals surface area contributed by atoms with Gasteiger partial charge in [-0.05, 0) is 47.7 Å². The Kier molecular flexibility index (Phi) is 13.9. The topological polar surface area (TPSA) is 57.2 Å². The molecule has 6 aromatic carbocycles. The summed E-state index contributed by atoms with van der Waals surface area (Å²) in [5.74, 6) is 0. The maximum Gasteiger partial charge on any atom is 2.00 e. The predicted octanol–water partition coefficient (Wildman–Crippen LogP) is 5.49. The summed E-state index contributed by atoms with van der Waals surface area (Å²) in [5, 5.41) is 11.6. The van der Waals surface area contributed by atoms with E-state index < -0.39 is 40.3 Å². The third-order valence-corrected chi connectivity index (χ3v) is 15.9. The van der Waals surface area contributed by atoms with E-state index in [1.165, 1.54) is 42.2 Å². The van der Waals surface area contributed by atoms with Crippen LogP contribution in [0.1, 0.15) is 0 Å². The zero-order valence-electron chi connectivity index (χ0n) is 26.1. The van der Waals surface area contributed by atoms with Crippen molar-refractivity contribution in [3.63, 3.8) is 0 Å². The number of hydrogen-bond acceptors (Lipinski definition) is 3. The first-order valence-corrected chi connectivity index (χ1v) is 21.0. The van der Waals surface area contributed by atoms with E-state index in [-0.39, 0.29) is 20.4 Å². The van der Waals surface area contributed by atoms with Crippen molar-refractivity contribution in [2.24, 2.45) is 0 Å². The zero-order valence-corrected chi connectivity index (χ0v) is 31.3. The Morgan fingerprint density at radius 1 is 0.490 bits per heavy atom. The normalized spacial score (nSPS) is 11.3. The minimum Gasteiger partial charge on any atom is -0.741 e. The molecule has 0 saturated heterocycles. The van der Waals surface area contributed by atoms with Crippen LogP contribution in [0.25, 0.3) is 0 Å². The zero-order chi connectivity index (χ0) is 34.1. The molecule has 0 amide bonds. The summed E-state index contributed by atoms with van der Waals surface area (Å²) in [4.78, 5) is 0. The summed E-state index contributed by atoms with van der Waals surface area (Å²) < 4.78 is 58.9. The van der Waals surface area contributed by atoms with Crippen LogP contribution in [0.4, 0.5) is 13.2 Å². The first-order chi connectivity index (χ1) is 23.1. The van der Waals surface area contributed by atoms with Crippen LogP contribution in [0.2, 0.25) is 6.55 Å². The van der Waals surface area contributed by atoms with Gasteiger partial charge in [0.15, 0.2) is 10.1 Å². The Labute approximate surface area is 303 Å². The molecule has 6 aromatic rings. The van der Waals surface area contributed by atoms with Crippen LogP contribution in [-0.4, -0.2) is 27.3 Å². The van der Waals surface area contributed by atoms with Gasteiger partial charge in [0, 0.05) is 0 Å². The van der Waals surface area contributed by atoms with Crippen LogP contribution in [0.15, 0.2) is 170 Å². The molecule has 252 valence electrons. The number of rotatable bonds is 8. The van der Waals surface area contributed by atoms with Gasteiger partial charge in [0.2, 0.25) is 0 Å². The van der Waals surface area contributed by atoms with Crippen LogP contribution in [0, 0.1) is 0 Å². The van der Waals surface area contributed by atoms with E-state index in [4.69, 9.17) is 13.0 Å². The summed E-state index contributed by atoms with van der Waals surface area (Å²) >= 11 is 0. The maximum absolute atomic E-state index is 10.7. The molecule has 0 aromatic heterocycles. The molecule has 0 aliphatic rings. The standard InChI is InChI=1S/C37H31P2Si.CHF3O3S.Pd/c1-40(36-28-16-14-26-34(36)38(30-18-6-2-7-19-30)31-20-8-3-9-21-31)37-29-17-15-27-35(37)39(32-22-10-4-11-23-32)33-24-12-5-13-25-33;2-1(3,4)8(5,6)7;/h2-29H,1H3;(H,5,6,7);/q-1;;+2/p-1. The quantitative estimate of drug-likeness (QED) is 0.0885. The molecule has 0 saturated carbocycles. The Balaban J connectivity index is 0.000000538. The second kappa shape index (κ2) is 17.6. The SMILES string of the molecule is C[Si-](c1ccccc1P(c1ccccc1)c1ccccc1)c1ccccc1P(c1ccccc1)c1ccccc1.O=S(=O)([O-])C(F)(F)F.[Pd+2]. The third-order valence-electron chi connectivity index (χ3n) is 7.44. The summed E-state index contributed by atoms with van der Waals surface area (Å²) in [6, 6.07) is 62.8. The van der Waals surface area contributed by atoms with Crippen LogP contribution in [-0.2, 0) is 30.5 Å². The Morgan fingerprint density at radius 3 is 0.959 bits per heavy atom. The molecular formula is C38H31F3O3P2PdSSi. The van der Waals surface area contributed by atoms with Crippen molar-refractivity contribution in [1.82, 2.24) is 0 Å². The number of benzene rings is 6. The van der Waals surface area contributed by atoms with Gasteiger partial charge in [0.1, 0.15) is 0 Å². The summed E-state index contributed by atoms with van der Waals surface area (Å²) in [6.07, 6.45) is 0. The van der Waals surface area contributed by atoms with Crippen LogP contribution in [0.5, 0.6) is 0 Å². The van der Waals surface area contributed by atoms with Gasteiger partial charge in [-0.15, -0.1) is 0 Å². The Bertz CT molecular complexity index is 1820. The van der Waals surface area contributed by atoms with Gasteiger partial charge < -0.3 is 4.55 Å². The second-order valence-electron chi connectivity index (χ2n) is 10.6. The molecule has 0 heterocycles. The molecular weight excluding hydrogens is 790 g/mol. The number of hydrogen-bond donors (Lipinski definition) is 0. The van der Waals surface area contributed by atoms with Crippen molar-refractivity contribution < 1.29 is 46.6 Å². The summed E-state index contributed by atoms with van der Waals surface area (Å²) in [5.41, 5.74) is -5.65. The fourth-order valence-corrected chi connectivity index (χ4v) is 13.6. The van der Waals surface area contributed by atoms with Crippen molar-refractivity contribution in [2.45, 2.75) is 12.1 Å². The van der Waals surface area contributed by atoms with Crippen LogP contribution >= 0.6 is 15.8 Å². The van der Waals surface area contributed by atoms with Crippen LogP contribution < -0.4 is 42.2 Å². The average molecular weight is 821 g/mol. The smallest absolute Gasteiger partial charge is 0.741 e. The average Bonchev–Trinajstić information content (AvgIpc) is 3.10. The van der Waals surface area contributed by atoms with Gasteiger partial charge in [-0.3, -0.25) is 8.80 Å². The van der Waals surface area contributed by atoms with Gasteiger partial charge >= 0.3 is 25.9 Å². The van der Waals surface area contributed by atoms with E-state index in [0.717, 1.165) is 0 Å². The molecule has 0 N–H and O–H groups in total. The van der Waals surface area contributed by atoms with E-state index in [9.17, 15) is 13.2 Å². The van der Waals surface area contributed by atoms with E-state index >= 15 is 0 Å². The molecule has 3 nitrogen and oxygen atoms in total. The van der Waals surface area contributed by atoms with Gasteiger partial charge in [-0.2, -0.15) is 30.1 Å². The van der Waals surface area contributed by atoms with Gasteiger partial charge in [-0.1, -0.05) is 170 Å². The van der Waals surface area contributed by atoms with Gasteiger partial charge in [0.25, 0.3) is 0 Å². The van der Waals surface area contributed by atoms with Crippen LogP contribution in [0.3, 0.4) is 0 Å². The third kappa shape index (κ3) is 9.72. The minimum absolute atomic E-state index is 0. The molecule has 0 aliphatic heterocycles. The van der Waals surface area contributed by atoms with Gasteiger partial charge in [-0.25, -0.2) is 8.42 Å². The maximum atomic E-state index is 10.7. The predicted molar refractivity (Wildman–Crippen MR) is 197 cm³/mol. The second-order valence-corrected chi connectivity index (χ2v) is 18.6. The van der Waals surface area contributed by atoms with Crippen molar-refractivity contribution >= 4 is 77.0 Å². The Hall–Kier alpha value is -3.24. The first-order valence-electron chi connectivity index (χ1n) is 14.9.